The summed E-state index contributed by atoms with van der Waals surface area (Å²) in [6.45, 7) is 2.23. The molecule has 2 fully saturated rings. The van der Waals surface area contributed by atoms with Crippen LogP contribution in [0.4, 0.5) is 0 Å². The van der Waals surface area contributed by atoms with Gasteiger partial charge in [0.15, 0.2) is 5.72 Å². The molecule has 0 amide bonds. The number of aliphatic hydroxyl groups excluding tert-OH is 1. The van der Waals surface area contributed by atoms with Crippen LogP contribution in [0.25, 0.3) is 0 Å². The topological polar surface area (TPSA) is 32.7 Å². The summed E-state index contributed by atoms with van der Waals surface area (Å²) >= 11 is 0. The van der Waals surface area contributed by atoms with Crippen LogP contribution in [0.15, 0.2) is 24.3 Å². The molecule has 1 saturated carbocycles. The molecular formula is C17H23NO2. The fourth-order valence-electron chi connectivity index (χ4n) is 4.46. The van der Waals surface area contributed by atoms with E-state index in [2.05, 4.69) is 4.90 Å². The smallest absolute Gasteiger partial charge is 0.169 e. The Kier molecular flexibility index (Phi) is 3.00. The van der Waals surface area contributed by atoms with Gasteiger partial charge in [-0.25, -0.2) is 0 Å². The minimum absolute atomic E-state index is 0.226. The van der Waals surface area contributed by atoms with Gasteiger partial charge < -0.3 is 9.84 Å². The number of hydrogen-bond donors (Lipinski definition) is 1. The molecule has 0 spiro atoms. The van der Waals surface area contributed by atoms with Gasteiger partial charge in [-0.05, 0) is 31.7 Å². The summed E-state index contributed by atoms with van der Waals surface area (Å²) in [6, 6.07) is 8.03. The lowest BCUT2D eigenvalue weighted by molar-refractivity contribution is -0.184. The van der Waals surface area contributed by atoms with Crippen molar-refractivity contribution in [3.05, 3.63) is 29.8 Å². The Morgan fingerprint density at radius 3 is 2.75 bits per heavy atom. The third kappa shape index (κ3) is 1.73. The Morgan fingerprint density at radius 2 is 1.90 bits per heavy atom. The van der Waals surface area contributed by atoms with Crippen LogP contribution in [0, 0.1) is 5.92 Å². The third-order valence-electron chi connectivity index (χ3n) is 5.43. The van der Waals surface area contributed by atoms with Crippen LogP contribution in [0.2, 0.25) is 0 Å². The van der Waals surface area contributed by atoms with Gasteiger partial charge in [-0.15, -0.1) is 0 Å². The highest BCUT2D eigenvalue weighted by Crippen LogP contribution is 2.52. The van der Waals surface area contributed by atoms with E-state index in [1.54, 1.807) is 0 Å². The second-order valence-corrected chi connectivity index (χ2v) is 6.48. The molecule has 1 aliphatic carbocycles. The Labute approximate surface area is 120 Å². The summed E-state index contributed by atoms with van der Waals surface area (Å²) in [4.78, 5) is 2.51. The quantitative estimate of drug-likeness (QED) is 0.853. The highest BCUT2D eigenvalue weighted by molar-refractivity contribution is 5.39. The molecule has 0 aromatic heterocycles. The van der Waals surface area contributed by atoms with E-state index in [4.69, 9.17) is 4.74 Å². The summed E-state index contributed by atoms with van der Waals surface area (Å²) < 4.78 is 6.54. The van der Waals surface area contributed by atoms with Crippen LogP contribution in [0.3, 0.4) is 0 Å². The standard InChI is InChI=1S/C17H23NO2/c19-16-13-7-1-2-9-15(13)20-17(18-11-5-6-12-18)10-4-3-8-14(16)17/h1-2,7,9,14,16,19H,3-6,8,10-12H2/t14-,16-,17-/m0/s1. The van der Waals surface area contributed by atoms with Crippen LogP contribution in [0.1, 0.15) is 50.2 Å². The fourth-order valence-corrected chi connectivity index (χ4v) is 4.46. The van der Waals surface area contributed by atoms with E-state index in [1.807, 2.05) is 24.3 Å². The van der Waals surface area contributed by atoms with E-state index < -0.39 is 0 Å². The van der Waals surface area contributed by atoms with E-state index >= 15 is 0 Å². The molecule has 1 aromatic carbocycles. The van der Waals surface area contributed by atoms with Crippen molar-refractivity contribution in [1.29, 1.82) is 0 Å². The zero-order valence-electron chi connectivity index (χ0n) is 11.9. The number of benzene rings is 1. The van der Waals surface area contributed by atoms with Gasteiger partial charge in [-0.2, -0.15) is 0 Å². The lowest BCUT2D eigenvalue weighted by Crippen LogP contribution is -2.61. The number of para-hydroxylation sites is 1. The number of hydrogen-bond acceptors (Lipinski definition) is 3. The van der Waals surface area contributed by atoms with Crippen molar-refractivity contribution >= 4 is 0 Å². The minimum Gasteiger partial charge on any atom is -0.472 e. The van der Waals surface area contributed by atoms with Gasteiger partial charge in [-0.1, -0.05) is 24.6 Å². The summed E-state index contributed by atoms with van der Waals surface area (Å²) in [5.41, 5.74) is 0.733. The second kappa shape index (κ2) is 4.74. The molecule has 3 heteroatoms. The van der Waals surface area contributed by atoms with Crippen molar-refractivity contribution < 1.29 is 9.84 Å². The lowest BCUT2D eigenvalue weighted by atomic mass is 9.73. The molecule has 20 heavy (non-hydrogen) atoms. The zero-order chi connectivity index (χ0) is 13.6. The number of fused-ring (bicyclic) bond motifs is 2. The van der Waals surface area contributed by atoms with Crippen LogP contribution in [-0.2, 0) is 0 Å². The summed E-state index contributed by atoms with van der Waals surface area (Å²) in [7, 11) is 0. The predicted molar refractivity (Wildman–Crippen MR) is 77.5 cm³/mol. The molecule has 0 unspecified atom stereocenters. The van der Waals surface area contributed by atoms with Crippen LogP contribution >= 0.6 is 0 Å². The molecule has 4 rings (SSSR count). The molecule has 3 nitrogen and oxygen atoms in total. The molecule has 108 valence electrons. The Hall–Kier alpha value is -1.06. The van der Waals surface area contributed by atoms with Gasteiger partial charge in [0.05, 0.1) is 6.10 Å². The van der Waals surface area contributed by atoms with Crippen LogP contribution in [0.5, 0.6) is 5.75 Å². The first-order valence-electron chi connectivity index (χ1n) is 8.02. The Balaban J connectivity index is 1.79. The molecule has 2 aliphatic heterocycles. The maximum Gasteiger partial charge on any atom is 0.169 e. The van der Waals surface area contributed by atoms with E-state index in [-0.39, 0.29) is 17.7 Å². The third-order valence-corrected chi connectivity index (χ3v) is 5.43. The SMILES string of the molecule is O[C@H]1c2ccccc2O[C@@]2(N3CCCC3)CCCC[C@@H]12. The fraction of sp³-hybridized carbons (Fsp3) is 0.647. The average molecular weight is 273 g/mol. The van der Waals surface area contributed by atoms with Crippen molar-refractivity contribution in [3.63, 3.8) is 0 Å². The van der Waals surface area contributed by atoms with Crippen molar-refractivity contribution in [2.24, 2.45) is 5.92 Å². The number of aliphatic hydroxyl groups is 1. The molecule has 1 N–H and O–H groups in total. The van der Waals surface area contributed by atoms with Crippen LogP contribution in [-0.4, -0.2) is 28.8 Å². The monoisotopic (exact) mass is 273 g/mol. The highest BCUT2D eigenvalue weighted by atomic mass is 16.5. The maximum atomic E-state index is 10.9. The van der Waals surface area contributed by atoms with Gasteiger partial charge >= 0.3 is 0 Å². The number of ether oxygens (including phenoxy) is 1. The molecule has 3 atom stereocenters. The van der Waals surface area contributed by atoms with E-state index in [0.717, 1.165) is 37.2 Å². The largest absolute Gasteiger partial charge is 0.472 e. The minimum atomic E-state index is -0.374. The highest BCUT2D eigenvalue weighted by Gasteiger charge is 2.54. The first-order chi connectivity index (χ1) is 9.81. The maximum absolute atomic E-state index is 10.9. The van der Waals surface area contributed by atoms with Crippen LogP contribution < -0.4 is 4.74 Å². The first kappa shape index (κ1) is 12.7. The van der Waals surface area contributed by atoms with Gasteiger partial charge in [0.25, 0.3) is 0 Å². The summed E-state index contributed by atoms with van der Waals surface area (Å²) in [5.74, 6) is 1.12. The van der Waals surface area contributed by atoms with Crippen molar-refractivity contribution in [2.75, 3.05) is 13.1 Å². The van der Waals surface area contributed by atoms with Gasteiger partial charge in [0.2, 0.25) is 0 Å². The van der Waals surface area contributed by atoms with Gasteiger partial charge in [0, 0.05) is 31.0 Å². The molecule has 0 bridgehead atoms. The van der Waals surface area contributed by atoms with E-state index in [9.17, 15) is 5.11 Å². The lowest BCUT2D eigenvalue weighted by Gasteiger charge is -2.53. The van der Waals surface area contributed by atoms with E-state index in [1.165, 1.54) is 25.7 Å². The first-order valence-corrected chi connectivity index (χ1v) is 8.02. The molecule has 2 heterocycles. The molecular weight excluding hydrogens is 250 g/mol. The van der Waals surface area contributed by atoms with Crippen molar-refractivity contribution in [3.8, 4) is 5.75 Å². The molecule has 1 saturated heterocycles. The van der Waals surface area contributed by atoms with Crippen molar-refractivity contribution in [1.82, 2.24) is 4.90 Å². The normalized spacial score (nSPS) is 37.0. The van der Waals surface area contributed by atoms with E-state index in [0.29, 0.717) is 0 Å². The second-order valence-electron chi connectivity index (χ2n) is 6.48. The summed E-state index contributed by atoms with van der Waals surface area (Å²) in [5, 5.41) is 10.9. The zero-order valence-corrected chi connectivity index (χ0v) is 11.9. The number of likely N-dealkylation sites (tertiary alicyclic amines) is 1. The Bertz CT molecular complexity index is 498. The van der Waals surface area contributed by atoms with Gasteiger partial charge in [-0.3, -0.25) is 4.90 Å². The average Bonchev–Trinajstić information content (AvgIpc) is 3.02. The molecule has 0 radical (unpaired) electrons. The molecule has 3 aliphatic rings. The van der Waals surface area contributed by atoms with Crippen molar-refractivity contribution in [2.45, 2.75) is 50.4 Å². The number of rotatable bonds is 1. The van der Waals surface area contributed by atoms with Gasteiger partial charge in [0.1, 0.15) is 5.75 Å². The predicted octanol–water partition coefficient (Wildman–Crippen LogP) is 3.09. The number of nitrogens with zero attached hydrogens (tertiary/aromatic N) is 1. The summed E-state index contributed by atoms with van der Waals surface area (Å²) in [6.07, 6.45) is 6.70. The molecule has 1 aromatic rings. The Morgan fingerprint density at radius 1 is 1.10 bits per heavy atom.